The molecule has 116 valence electrons. The number of rotatable bonds is 4. The molecular formula is C14H14BrN3O4. The third-order valence-corrected chi connectivity index (χ3v) is 3.01. The first-order valence-electron chi connectivity index (χ1n) is 6.12. The van der Waals surface area contributed by atoms with Gasteiger partial charge in [0.05, 0.1) is 6.33 Å². The van der Waals surface area contributed by atoms with E-state index in [1.165, 1.54) is 5.56 Å². The summed E-state index contributed by atoms with van der Waals surface area (Å²) in [6.07, 6.45) is 8.30. The van der Waals surface area contributed by atoms with Crippen LogP contribution in [0, 0.1) is 0 Å². The van der Waals surface area contributed by atoms with Crippen LogP contribution in [0.2, 0.25) is 0 Å². The topological polar surface area (TPSA) is 116 Å². The average Bonchev–Trinajstić information content (AvgIpc) is 2.99. The van der Waals surface area contributed by atoms with Crippen LogP contribution in [0.3, 0.4) is 0 Å². The zero-order valence-corrected chi connectivity index (χ0v) is 13.2. The molecule has 0 aliphatic heterocycles. The number of halogens is 1. The summed E-state index contributed by atoms with van der Waals surface area (Å²) in [4.78, 5) is 30.3. The zero-order chi connectivity index (χ0) is 16.5. The van der Waals surface area contributed by atoms with Gasteiger partial charge in [0, 0.05) is 46.8 Å². The molecule has 1 unspecified atom stereocenters. The molecule has 0 saturated carbocycles. The Labute approximate surface area is 134 Å². The summed E-state index contributed by atoms with van der Waals surface area (Å²) in [5.41, 5.74) is 2.27. The van der Waals surface area contributed by atoms with E-state index in [9.17, 15) is 9.59 Å². The Bertz CT molecular complexity index is 640. The van der Waals surface area contributed by atoms with Gasteiger partial charge in [0.1, 0.15) is 0 Å². The number of aromatic nitrogens is 3. The molecule has 2 aromatic rings. The van der Waals surface area contributed by atoms with E-state index in [1.807, 2.05) is 12.4 Å². The third-order valence-electron chi connectivity index (χ3n) is 2.58. The van der Waals surface area contributed by atoms with Crippen molar-refractivity contribution >= 4 is 27.9 Å². The van der Waals surface area contributed by atoms with Gasteiger partial charge in [0.2, 0.25) is 0 Å². The van der Waals surface area contributed by atoms with Gasteiger partial charge in [-0.2, -0.15) is 0 Å². The number of hydrogen-bond donors (Lipinski definition) is 3. The number of carboxylic acids is 2. The van der Waals surface area contributed by atoms with Crippen molar-refractivity contribution in [1.82, 2.24) is 15.0 Å². The van der Waals surface area contributed by atoms with Crippen LogP contribution in [0.15, 0.2) is 47.6 Å². The Morgan fingerprint density at radius 2 is 1.82 bits per heavy atom. The van der Waals surface area contributed by atoms with E-state index in [0.29, 0.717) is 18.1 Å². The van der Waals surface area contributed by atoms with E-state index in [-0.39, 0.29) is 0 Å². The number of pyridine rings is 1. The fraction of sp³-hybridized carbons (Fsp3) is 0.143. The fourth-order valence-electron chi connectivity index (χ4n) is 1.49. The second kappa shape index (κ2) is 8.73. The third kappa shape index (κ3) is 6.31. The number of imidazole rings is 1. The van der Waals surface area contributed by atoms with Crippen molar-refractivity contribution in [2.24, 2.45) is 0 Å². The highest BCUT2D eigenvalue weighted by Gasteiger charge is 2.09. The first-order valence-corrected chi connectivity index (χ1v) is 6.92. The number of carbonyl (C=O) groups is 2. The molecule has 0 aliphatic carbocycles. The van der Waals surface area contributed by atoms with Gasteiger partial charge in [-0.1, -0.05) is 6.92 Å². The van der Waals surface area contributed by atoms with Gasteiger partial charge in [-0.05, 0) is 27.6 Å². The van der Waals surface area contributed by atoms with Crippen LogP contribution < -0.4 is 0 Å². The predicted molar refractivity (Wildman–Crippen MR) is 82.5 cm³/mol. The molecule has 1 atom stereocenters. The number of nitrogens with one attached hydrogen (secondary N) is 1. The van der Waals surface area contributed by atoms with Crippen LogP contribution >= 0.6 is 15.9 Å². The molecule has 7 nitrogen and oxygen atoms in total. The van der Waals surface area contributed by atoms with Crippen LogP contribution in [0.4, 0.5) is 0 Å². The Hall–Kier alpha value is -2.48. The Balaban J connectivity index is 0.000000261. The highest BCUT2D eigenvalue weighted by molar-refractivity contribution is 9.10. The van der Waals surface area contributed by atoms with E-state index >= 15 is 0 Å². The van der Waals surface area contributed by atoms with Gasteiger partial charge in [-0.3, -0.25) is 4.98 Å². The number of nitrogens with zero attached hydrogens (tertiary/aromatic N) is 2. The molecule has 0 bridgehead atoms. The van der Waals surface area contributed by atoms with Gasteiger partial charge in [0.15, 0.2) is 0 Å². The normalized spacial score (nSPS) is 11.5. The monoisotopic (exact) mass is 367 g/mol. The highest BCUT2D eigenvalue weighted by atomic mass is 79.9. The van der Waals surface area contributed by atoms with Gasteiger partial charge in [-0.25, -0.2) is 14.6 Å². The van der Waals surface area contributed by atoms with Crippen LogP contribution in [0.1, 0.15) is 24.1 Å². The van der Waals surface area contributed by atoms with Crippen molar-refractivity contribution in [2.75, 3.05) is 0 Å². The van der Waals surface area contributed by atoms with E-state index in [0.717, 1.165) is 10.2 Å². The molecule has 0 aromatic carbocycles. The van der Waals surface area contributed by atoms with Crippen LogP contribution in [-0.2, 0) is 9.59 Å². The molecule has 0 radical (unpaired) electrons. The lowest BCUT2D eigenvalue weighted by Gasteiger charge is -2.08. The summed E-state index contributed by atoms with van der Waals surface area (Å²) in [6.45, 7) is 2.12. The minimum Gasteiger partial charge on any atom is -0.478 e. The fourth-order valence-corrected chi connectivity index (χ4v) is 1.87. The molecule has 0 saturated heterocycles. The second-order valence-corrected chi connectivity index (χ2v) is 5.09. The molecule has 22 heavy (non-hydrogen) atoms. The van der Waals surface area contributed by atoms with Gasteiger partial charge < -0.3 is 15.2 Å². The average molecular weight is 368 g/mol. The summed E-state index contributed by atoms with van der Waals surface area (Å²) in [7, 11) is 0. The lowest BCUT2D eigenvalue weighted by Crippen LogP contribution is -1.96. The van der Waals surface area contributed by atoms with Crippen molar-refractivity contribution < 1.29 is 19.8 Å². The molecule has 0 fully saturated rings. The van der Waals surface area contributed by atoms with Crippen molar-refractivity contribution in [3.8, 4) is 0 Å². The molecular weight excluding hydrogens is 354 g/mol. The van der Waals surface area contributed by atoms with Crippen LogP contribution in [0.5, 0.6) is 0 Å². The Morgan fingerprint density at radius 1 is 1.18 bits per heavy atom. The van der Waals surface area contributed by atoms with Crippen LogP contribution in [-0.4, -0.2) is 37.1 Å². The van der Waals surface area contributed by atoms with E-state index < -0.39 is 11.9 Å². The van der Waals surface area contributed by atoms with Crippen LogP contribution in [0.25, 0.3) is 0 Å². The molecule has 3 N–H and O–H groups in total. The van der Waals surface area contributed by atoms with Crippen molar-refractivity contribution in [1.29, 1.82) is 0 Å². The van der Waals surface area contributed by atoms with E-state index in [4.69, 9.17) is 10.2 Å². The summed E-state index contributed by atoms with van der Waals surface area (Å²) in [6, 6.07) is 2.07. The molecule has 2 aromatic heterocycles. The molecule has 2 rings (SSSR count). The number of hydrogen-bond acceptors (Lipinski definition) is 4. The standard InChI is InChI=1S/C10H10BrN3.C4H4O4/c1-7(10-5-13-6-14-10)8-2-9(11)4-12-3-8;5-3(6)1-2-4(7)8/h2-7H,1H3,(H,13,14);1-2H,(H,5,6)(H,7,8). The Kier molecular flexibility index (Phi) is 6.97. The summed E-state index contributed by atoms with van der Waals surface area (Å²) in [5, 5.41) is 15.6. The summed E-state index contributed by atoms with van der Waals surface area (Å²) >= 11 is 3.41. The highest BCUT2D eigenvalue weighted by Crippen LogP contribution is 2.23. The lowest BCUT2D eigenvalue weighted by atomic mass is 10.0. The number of aliphatic carboxylic acids is 2. The maximum Gasteiger partial charge on any atom is 0.328 e. The summed E-state index contributed by atoms with van der Waals surface area (Å²) in [5.74, 6) is -2.22. The van der Waals surface area contributed by atoms with Crippen molar-refractivity contribution in [2.45, 2.75) is 12.8 Å². The minimum absolute atomic E-state index is 0.294. The SMILES string of the molecule is CC(c1cncc(Br)c1)c1cnc[nH]1.O=C(O)C=CC(=O)O. The Morgan fingerprint density at radius 3 is 2.27 bits per heavy atom. The molecule has 0 amide bonds. The number of H-pyrrole nitrogens is 1. The van der Waals surface area contributed by atoms with Gasteiger partial charge in [0.25, 0.3) is 0 Å². The quantitative estimate of drug-likeness (QED) is 0.714. The number of carboxylic acid groups (broad SMARTS) is 2. The minimum atomic E-state index is -1.26. The summed E-state index contributed by atoms with van der Waals surface area (Å²) < 4.78 is 1.00. The van der Waals surface area contributed by atoms with Crippen molar-refractivity contribution in [3.63, 3.8) is 0 Å². The predicted octanol–water partition coefficient (Wildman–Crippen LogP) is 2.43. The first-order chi connectivity index (χ1) is 10.4. The first kappa shape index (κ1) is 17.6. The van der Waals surface area contributed by atoms with Gasteiger partial charge >= 0.3 is 11.9 Å². The second-order valence-electron chi connectivity index (χ2n) is 4.17. The lowest BCUT2D eigenvalue weighted by molar-refractivity contribution is -0.134. The molecule has 0 spiro atoms. The molecule has 8 heteroatoms. The molecule has 0 aliphatic rings. The van der Waals surface area contributed by atoms with Gasteiger partial charge in [-0.15, -0.1) is 0 Å². The number of aromatic amines is 1. The van der Waals surface area contributed by atoms with E-state index in [1.54, 1.807) is 12.5 Å². The maximum atomic E-state index is 9.55. The van der Waals surface area contributed by atoms with E-state index in [2.05, 4.69) is 43.9 Å². The van der Waals surface area contributed by atoms with Crippen molar-refractivity contribution in [3.05, 3.63) is 58.9 Å². The largest absolute Gasteiger partial charge is 0.478 e. The zero-order valence-electron chi connectivity index (χ0n) is 11.6. The molecule has 2 heterocycles. The maximum absolute atomic E-state index is 9.55. The smallest absolute Gasteiger partial charge is 0.328 e.